The second-order valence-electron chi connectivity index (χ2n) is 4.03. The van der Waals surface area contributed by atoms with E-state index in [1.807, 2.05) is 4.90 Å². The third-order valence-electron chi connectivity index (χ3n) is 2.30. The highest BCUT2D eigenvalue weighted by molar-refractivity contribution is 5.85. The summed E-state index contributed by atoms with van der Waals surface area (Å²) >= 11 is 0. The SMILES string of the molecule is CC1CC(C)CN(CC(=O)O)C1.Cl. The summed E-state index contributed by atoms with van der Waals surface area (Å²) in [6, 6.07) is 0. The maximum absolute atomic E-state index is 10.4. The lowest BCUT2D eigenvalue weighted by molar-refractivity contribution is -0.138. The quantitative estimate of drug-likeness (QED) is 0.746. The Hall–Kier alpha value is -0.280. The minimum atomic E-state index is -0.712. The van der Waals surface area contributed by atoms with Crippen LogP contribution in [0, 0.1) is 11.8 Å². The van der Waals surface area contributed by atoms with E-state index in [1.165, 1.54) is 6.42 Å². The fourth-order valence-electron chi connectivity index (χ4n) is 2.11. The van der Waals surface area contributed by atoms with Gasteiger partial charge in [0.05, 0.1) is 6.54 Å². The van der Waals surface area contributed by atoms with E-state index in [2.05, 4.69) is 13.8 Å². The van der Waals surface area contributed by atoms with Gasteiger partial charge in [-0.05, 0) is 18.3 Å². The Kier molecular flexibility index (Phi) is 5.33. The number of carboxylic acids is 1. The molecule has 1 aliphatic heterocycles. The van der Waals surface area contributed by atoms with Gasteiger partial charge in [-0.1, -0.05) is 13.8 Å². The molecule has 13 heavy (non-hydrogen) atoms. The van der Waals surface area contributed by atoms with Crippen molar-refractivity contribution in [3.63, 3.8) is 0 Å². The Bertz CT molecular complexity index is 165. The van der Waals surface area contributed by atoms with E-state index in [0.29, 0.717) is 11.8 Å². The summed E-state index contributed by atoms with van der Waals surface area (Å²) in [5.74, 6) is 0.581. The minimum absolute atomic E-state index is 0. The molecule has 0 bridgehead atoms. The van der Waals surface area contributed by atoms with Crippen LogP contribution in [0.3, 0.4) is 0 Å². The van der Waals surface area contributed by atoms with Gasteiger partial charge < -0.3 is 5.11 Å². The molecular formula is C9H18ClNO2. The second kappa shape index (κ2) is 5.45. The van der Waals surface area contributed by atoms with Gasteiger partial charge >= 0.3 is 5.97 Å². The zero-order valence-corrected chi connectivity index (χ0v) is 9.01. The van der Waals surface area contributed by atoms with Crippen molar-refractivity contribution in [2.75, 3.05) is 19.6 Å². The summed E-state index contributed by atoms with van der Waals surface area (Å²) in [4.78, 5) is 12.5. The van der Waals surface area contributed by atoms with Crippen molar-refractivity contribution in [3.8, 4) is 0 Å². The van der Waals surface area contributed by atoms with Crippen molar-refractivity contribution in [2.45, 2.75) is 20.3 Å². The number of likely N-dealkylation sites (tertiary alicyclic amines) is 1. The van der Waals surface area contributed by atoms with E-state index in [9.17, 15) is 4.79 Å². The van der Waals surface area contributed by atoms with Crippen LogP contribution in [0.15, 0.2) is 0 Å². The Morgan fingerprint density at radius 1 is 1.38 bits per heavy atom. The Balaban J connectivity index is 0.00000144. The molecule has 2 unspecified atom stereocenters. The molecule has 1 rings (SSSR count). The molecule has 0 saturated carbocycles. The number of piperidine rings is 1. The van der Waals surface area contributed by atoms with Crippen LogP contribution in [0.1, 0.15) is 20.3 Å². The average molecular weight is 208 g/mol. The summed E-state index contributed by atoms with van der Waals surface area (Å²) in [7, 11) is 0. The van der Waals surface area contributed by atoms with Crippen LogP contribution in [-0.2, 0) is 4.79 Å². The highest BCUT2D eigenvalue weighted by atomic mass is 35.5. The molecule has 0 radical (unpaired) electrons. The van der Waals surface area contributed by atoms with E-state index in [0.717, 1.165) is 13.1 Å². The van der Waals surface area contributed by atoms with Gasteiger partial charge in [-0.3, -0.25) is 9.69 Å². The molecule has 0 amide bonds. The Labute approximate surface area is 85.5 Å². The number of hydrogen-bond donors (Lipinski definition) is 1. The molecule has 0 spiro atoms. The van der Waals surface area contributed by atoms with E-state index in [-0.39, 0.29) is 19.0 Å². The number of hydrogen-bond acceptors (Lipinski definition) is 2. The van der Waals surface area contributed by atoms with E-state index < -0.39 is 5.97 Å². The normalized spacial score (nSPS) is 29.4. The van der Waals surface area contributed by atoms with Crippen molar-refractivity contribution >= 4 is 18.4 Å². The molecule has 1 aliphatic rings. The van der Waals surface area contributed by atoms with Gasteiger partial charge in [0, 0.05) is 13.1 Å². The smallest absolute Gasteiger partial charge is 0.317 e. The maximum Gasteiger partial charge on any atom is 0.317 e. The third kappa shape index (κ3) is 4.48. The van der Waals surface area contributed by atoms with Crippen molar-refractivity contribution < 1.29 is 9.90 Å². The monoisotopic (exact) mass is 207 g/mol. The van der Waals surface area contributed by atoms with E-state index in [4.69, 9.17) is 5.11 Å². The molecule has 0 aliphatic carbocycles. The third-order valence-corrected chi connectivity index (χ3v) is 2.30. The molecule has 1 saturated heterocycles. The van der Waals surface area contributed by atoms with Crippen LogP contribution in [0.25, 0.3) is 0 Å². The lowest BCUT2D eigenvalue weighted by Crippen LogP contribution is -2.41. The zero-order valence-electron chi connectivity index (χ0n) is 8.19. The highest BCUT2D eigenvalue weighted by Crippen LogP contribution is 2.20. The van der Waals surface area contributed by atoms with Crippen LogP contribution < -0.4 is 0 Å². The van der Waals surface area contributed by atoms with Crippen molar-refractivity contribution in [3.05, 3.63) is 0 Å². The molecule has 0 aromatic carbocycles. The van der Waals surface area contributed by atoms with Crippen LogP contribution in [0.4, 0.5) is 0 Å². The summed E-state index contributed by atoms with van der Waals surface area (Å²) in [5.41, 5.74) is 0. The van der Waals surface area contributed by atoms with Crippen molar-refractivity contribution in [2.24, 2.45) is 11.8 Å². The lowest BCUT2D eigenvalue weighted by atomic mass is 9.92. The number of carbonyl (C=O) groups is 1. The Morgan fingerprint density at radius 2 is 1.85 bits per heavy atom. The van der Waals surface area contributed by atoms with Gasteiger partial charge in [0.2, 0.25) is 0 Å². The van der Waals surface area contributed by atoms with Crippen LogP contribution >= 0.6 is 12.4 Å². The Morgan fingerprint density at radius 3 is 2.23 bits per heavy atom. The maximum atomic E-state index is 10.4. The summed E-state index contributed by atoms with van der Waals surface area (Å²) in [5, 5.41) is 8.60. The van der Waals surface area contributed by atoms with Crippen molar-refractivity contribution in [1.82, 2.24) is 4.90 Å². The van der Waals surface area contributed by atoms with Gasteiger partial charge in [-0.15, -0.1) is 12.4 Å². The van der Waals surface area contributed by atoms with Gasteiger partial charge in [-0.25, -0.2) is 0 Å². The molecule has 1 heterocycles. The first-order valence-corrected chi connectivity index (χ1v) is 4.52. The van der Waals surface area contributed by atoms with Crippen LogP contribution in [-0.4, -0.2) is 35.6 Å². The fraction of sp³-hybridized carbons (Fsp3) is 0.889. The minimum Gasteiger partial charge on any atom is -0.480 e. The number of nitrogens with zero attached hydrogens (tertiary/aromatic N) is 1. The summed E-state index contributed by atoms with van der Waals surface area (Å²) in [6.45, 7) is 6.46. The average Bonchev–Trinajstić information content (AvgIpc) is 1.81. The molecule has 3 nitrogen and oxygen atoms in total. The van der Waals surface area contributed by atoms with Gasteiger partial charge in [-0.2, -0.15) is 0 Å². The standard InChI is InChI=1S/C9H17NO2.ClH/c1-7-3-8(2)5-10(4-7)6-9(11)12;/h7-8H,3-6H2,1-2H3,(H,11,12);1H. The first-order chi connectivity index (χ1) is 5.58. The van der Waals surface area contributed by atoms with E-state index in [1.54, 1.807) is 0 Å². The molecule has 0 aromatic heterocycles. The fourth-order valence-corrected chi connectivity index (χ4v) is 2.11. The molecule has 4 heteroatoms. The topological polar surface area (TPSA) is 40.5 Å². The number of carboxylic acid groups (broad SMARTS) is 1. The molecule has 2 atom stereocenters. The second-order valence-corrected chi connectivity index (χ2v) is 4.03. The van der Waals surface area contributed by atoms with E-state index >= 15 is 0 Å². The van der Waals surface area contributed by atoms with Crippen LogP contribution in [0.2, 0.25) is 0 Å². The molecular weight excluding hydrogens is 190 g/mol. The van der Waals surface area contributed by atoms with Gasteiger partial charge in [0.25, 0.3) is 0 Å². The molecule has 78 valence electrons. The molecule has 1 N–H and O–H groups in total. The molecule has 0 aromatic rings. The predicted molar refractivity (Wildman–Crippen MR) is 54.3 cm³/mol. The van der Waals surface area contributed by atoms with Crippen molar-refractivity contribution in [1.29, 1.82) is 0 Å². The summed E-state index contributed by atoms with van der Waals surface area (Å²) in [6.07, 6.45) is 1.23. The summed E-state index contributed by atoms with van der Waals surface area (Å²) < 4.78 is 0. The highest BCUT2D eigenvalue weighted by Gasteiger charge is 2.22. The van der Waals surface area contributed by atoms with Gasteiger partial charge in [0.15, 0.2) is 0 Å². The largest absolute Gasteiger partial charge is 0.480 e. The zero-order chi connectivity index (χ0) is 9.14. The number of rotatable bonds is 2. The number of aliphatic carboxylic acids is 1. The predicted octanol–water partition coefficient (Wildman–Crippen LogP) is 1.47. The molecule has 1 fully saturated rings. The first-order valence-electron chi connectivity index (χ1n) is 4.52. The van der Waals surface area contributed by atoms with Gasteiger partial charge in [0.1, 0.15) is 0 Å². The van der Waals surface area contributed by atoms with Crippen LogP contribution in [0.5, 0.6) is 0 Å². The number of halogens is 1. The first kappa shape index (κ1) is 12.7. The lowest BCUT2D eigenvalue weighted by Gasteiger charge is -2.33.